The number of imidazole rings is 1. The summed E-state index contributed by atoms with van der Waals surface area (Å²) in [4.78, 5) is 27.3. The zero-order valence-corrected chi connectivity index (χ0v) is 21.5. The van der Waals surface area contributed by atoms with E-state index >= 15 is 0 Å². The lowest BCUT2D eigenvalue weighted by molar-refractivity contribution is -0.160. The van der Waals surface area contributed by atoms with Gasteiger partial charge in [0.1, 0.15) is 6.35 Å². The summed E-state index contributed by atoms with van der Waals surface area (Å²) in [7, 11) is -2.36. The molecule has 2 aromatic rings. The number of anilines is 2. The van der Waals surface area contributed by atoms with Crippen molar-refractivity contribution in [3.63, 3.8) is 0 Å². The van der Waals surface area contributed by atoms with Gasteiger partial charge >= 0.3 is 13.6 Å². The van der Waals surface area contributed by atoms with Crippen LogP contribution in [0.3, 0.4) is 0 Å². The highest BCUT2D eigenvalue weighted by Crippen LogP contribution is 2.51. The van der Waals surface area contributed by atoms with Gasteiger partial charge in [-0.25, -0.2) is 4.98 Å². The average molecular weight is 513 g/mol. The Morgan fingerprint density at radius 3 is 2.60 bits per heavy atom. The number of carbonyl (C=O) groups excluding carboxylic acids is 1. The molecule has 1 saturated carbocycles. The second kappa shape index (κ2) is 9.98. The highest BCUT2D eigenvalue weighted by Gasteiger charge is 2.47. The van der Waals surface area contributed by atoms with Crippen LogP contribution in [0, 0.1) is 5.41 Å². The summed E-state index contributed by atoms with van der Waals surface area (Å²) >= 11 is 0. The van der Waals surface area contributed by atoms with Crippen molar-refractivity contribution in [2.75, 3.05) is 57.2 Å². The molecule has 14 heteroatoms. The SMILES string of the molecule is COP(=O)(COC1(Cn2cnc3c(N4CCOCC4)nc(N)nc32)CC1)OCOC(=O)C(C)(C)C. The third kappa shape index (κ3) is 6.10. The second-order valence-electron chi connectivity index (χ2n) is 9.73. The Kier molecular flexibility index (Phi) is 7.35. The van der Waals surface area contributed by atoms with Crippen molar-refractivity contribution in [3.8, 4) is 0 Å². The maximum Gasteiger partial charge on any atom is 0.358 e. The van der Waals surface area contributed by atoms with Gasteiger partial charge in [0.15, 0.2) is 17.0 Å². The molecular formula is C21H33N6O7P. The minimum Gasteiger partial charge on any atom is -0.438 e. The fraction of sp³-hybridized carbons (Fsp3) is 0.714. The van der Waals surface area contributed by atoms with Gasteiger partial charge in [0.2, 0.25) is 12.7 Å². The quantitative estimate of drug-likeness (QED) is 0.282. The molecule has 0 spiro atoms. The predicted molar refractivity (Wildman–Crippen MR) is 127 cm³/mol. The number of aromatic nitrogens is 4. The van der Waals surface area contributed by atoms with Crippen molar-refractivity contribution < 1.29 is 32.6 Å². The summed E-state index contributed by atoms with van der Waals surface area (Å²) in [5.74, 6) is 0.375. The van der Waals surface area contributed by atoms with Crippen LogP contribution in [0.25, 0.3) is 11.2 Å². The third-order valence-electron chi connectivity index (χ3n) is 5.90. The molecule has 3 heterocycles. The van der Waals surface area contributed by atoms with Crippen LogP contribution in [0.2, 0.25) is 0 Å². The maximum absolute atomic E-state index is 12.9. The molecule has 1 aliphatic heterocycles. The molecule has 0 amide bonds. The molecule has 2 N–H and O–H groups in total. The number of carbonyl (C=O) groups is 1. The Hall–Kier alpha value is -2.31. The van der Waals surface area contributed by atoms with E-state index in [2.05, 4.69) is 19.9 Å². The van der Waals surface area contributed by atoms with Crippen molar-refractivity contribution in [1.82, 2.24) is 19.5 Å². The highest BCUT2D eigenvalue weighted by molar-refractivity contribution is 7.53. The van der Waals surface area contributed by atoms with Gasteiger partial charge in [0.05, 0.1) is 37.1 Å². The molecule has 2 aliphatic rings. The monoisotopic (exact) mass is 512 g/mol. The number of fused-ring (bicyclic) bond motifs is 1. The first-order chi connectivity index (χ1) is 16.5. The summed E-state index contributed by atoms with van der Waals surface area (Å²) in [6, 6.07) is 0. The largest absolute Gasteiger partial charge is 0.438 e. The van der Waals surface area contributed by atoms with Gasteiger partial charge < -0.3 is 33.9 Å². The lowest BCUT2D eigenvalue weighted by Gasteiger charge is -2.27. The lowest BCUT2D eigenvalue weighted by Crippen LogP contribution is -2.37. The highest BCUT2D eigenvalue weighted by atomic mass is 31.2. The van der Waals surface area contributed by atoms with Gasteiger partial charge in [-0.05, 0) is 33.6 Å². The van der Waals surface area contributed by atoms with E-state index in [0.29, 0.717) is 49.8 Å². The number of rotatable bonds is 10. The Labute approximate surface area is 203 Å². The maximum atomic E-state index is 12.9. The fourth-order valence-electron chi connectivity index (χ4n) is 3.59. The summed E-state index contributed by atoms with van der Waals surface area (Å²) in [6.45, 7) is 7.72. The lowest BCUT2D eigenvalue weighted by atomic mass is 9.98. The van der Waals surface area contributed by atoms with Crippen molar-refractivity contribution in [2.24, 2.45) is 5.41 Å². The van der Waals surface area contributed by atoms with E-state index in [9.17, 15) is 9.36 Å². The molecule has 0 aromatic carbocycles. The van der Waals surface area contributed by atoms with E-state index in [1.807, 2.05) is 4.57 Å². The van der Waals surface area contributed by atoms with Crippen LogP contribution in [0.15, 0.2) is 6.33 Å². The molecule has 2 aromatic heterocycles. The van der Waals surface area contributed by atoms with Crippen LogP contribution in [-0.2, 0) is 39.2 Å². The Morgan fingerprint density at radius 1 is 1.26 bits per heavy atom. The van der Waals surface area contributed by atoms with Crippen LogP contribution >= 0.6 is 7.60 Å². The summed E-state index contributed by atoms with van der Waals surface area (Å²) in [6.07, 6.45) is 2.92. The van der Waals surface area contributed by atoms with E-state index in [1.54, 1.807) is 27.1 Å². The number of nitrogen functional groups attached to an aromatic ring is 1. The van der Waals surface area contributed by atoms with Gasteiger partial charge in [-0.15, -0.1) is 0 Å². The molecule has 35 heavy (non-hydrogen) atoms. The van der Waals surface area contributed by atoms with Gasteiger partial charge in [0, 0.05) is 20.2 Å². The molecule has 13 nitrogen and oxygen atoms in total. The van der Waals surface area contributed by atoms with E-state index in [-0.39, 0.29) is 12.3 Å². The number of esters is 1. The molecule has 4 rings (SSSR count). The number of hydrogen-bond donors (Lipinski definition) is 1. The van der Waals surface area contributed by atoms with Crippen molar-refractivity contribution >= 4 is 36.5 Å². The van der Waals surface area contributed by atoms with Crippen molar-refractivity contribution in [3.05, 3.63) is 6.33 Å². The van der Waals surface area contributed by atoms with Gasteiger partial charge in [-0.2, -0.15) is 9.97 Å². The van der Waals surface area contributed by atoms with Crippen molar-refractivity contribution in [1.29, 1.82) is 0 Å². The predicted octanol–water partition coefficient (Wildman–Crippen LogP) is 2.15. The number of nitrogens with zero attached hydrogens (tertiary/aromatic N) is 5. The van der Waals surface area contributed by atoms with Crippen LogP contribution < -0.4 is 10.6 Å². The third-order valence-corrected chi connectivity index (χ3v) is 7.40. The summed E-state index contributed by atoms with van der Waals surface area (Å²) in [5, 5.41) is 0. The molecule has 1 aliphatic carbocycles. The molecule has 0 radical (unpaired) electrons. The molecule has 1 unspecified atom stereocenters. The topological polar surface area (TPSA) is 153 Å². The molecule has 2 fully saturated rings. The van der Waals surface area contributed by atoms with E-state index < -0.39 is 31.4 Å². The minimum atomic E-state index is -3.63. The standard InChI is InChI=1S/C21H33N6O7P/c1-20(2,3)18(28)32-13-34-35(29,30-4)14-33-21(5-6-21)11-27-12-23-15-16(24-19(22)25-17(15)27)26-7-9-31-10-8-26/h12H,5-11,13-14H2,1-4H3,(H2,22,24,25). The number of hydrogen-bond acceptors (Lipinski definition) is 12. The van der Waals surface area contributed by atoms with Crippen LogP contribution in [0.5, 0.6) is 0 Å². The molecule has 194 valence electrons. The van der Waals surface area contributed by atoms with Crippen molar-refractivity contribution in [2.45, 2.75) is 45.8 Å². The zero-order valence-electron chi connectivity index (χ0n) is 20.6. The Morgan fingerprint density at radius 2 is 1.97 bits per heavy atom. The average Bonchev–Trinajstić information content (AvgIpc) is 3.49. The first kappa shape index (κ1) is 25.8. The number of morpholine rings is 1. The molecule has 1 saturated heterocycles. The van der Waals surface area contributed by atoms with Crippen LogP contribution in [-0.4, -0.2) is 77.6 Å². The number of ether oxygens (including phenoxy) is 3. The first-order valence-electron chi connectivity index (χ1n) is 11.5. The smallest absolute Gasteiger partial charge is 0.358 e. The van der Waals surface area contributed by atoms with Gasteiger partial charge in [-0.3, -0.25) is 13.9 Å². The Balaban J connectivity index is 1.41. The summed E-state index contributed by atoms with van der Waals surface area (Å²) in [5.41, 5.74) is 6.01. The van der Waals surface area contributed by atoms with Crippen LogP contribution in [0.4, 0.5) is 11.8 Å². The molecule has 0 bridgehead atoms. The van der Waals surface area contributed by atoms with Gasteiger partial charge in [0.25, 0.3) is 0 Å². The molecular weight excluding hydrogens is 479 g/mol. The normalized spacial score (nSPS) is 19.5. The van der Waals surface area contributed by atoms with Crippen LogP contribution in [0.1, 0.15) is 33.6 Å². The first-order valence-corrected chi connectivity index (χ1v) is 13.2. The van der Waals surface area contributed by atoms with E-state index in [1.165, 1.54) is 7.11 Å². The minimum absolute atomic E-state index is 0.161. The zero-order chi connectivity index (χ0) is 25.3. The molecule has 1 atom stereocenters. The number of nitrogens with two attached hydrogens (primary N) is 1. The van der Waals surface area contributed by atoms with E-state index in [0.717, 1.165) is 12.8 Å². The fourth-order valence-corrected chi connectivity index (χ4v) is 4.52. The summed E-state index contributed by atoms with van der Waals surface area (Å²) < 4.78 is 41.6. The Bertz CT molecular complexity index is 1110. The van der Waals surface area contributed by atoms with Gasteiger partial charge in [-0.1, -0.05) is 0 Å². The van der Waals surface area contributed by atoms with E-state index in [4.69, 9.17) is 29.0 Å². The second-order valence-corrected chi connectivity index (χ2v) is 11.8.